The highest BCUT2D eigenvalue weighted by molar-refractivity contribution is 14.0. The number of aromatic nitrogens is 3. The number of para-hydroxylation sites is 2. The Kier molecular flexibility index (Phi) is 7.89. The highest BCUT2D eigenvalue weighted by Gasteiger charge is 2.03. The average molecular weight is 514 g/mol. The monoisotopic (exact) mass is 514 g/mol. The van der Waals surface area contributed by atoms with Crippen molar-refractivity contribution in [3.05, 3.63) is 90.5 Å². The van der Waals surface area contributed by atoms with E-state index in [1.807, 2.05) is 30.6 Å². The smallest absolute Gasteiger partial charge is 0.191 e. The number of nitrogens with zero attached hydrogens (tertiary/aromatic N) is 4. The molecule has 0 fully saturated rings. The summed E-state index contributed by atoms with van der Waals surface area (Å²) in [5.41, 5.74) is 4.67. The van der Waals surface area contributed by atoms with E-state index >= 15 is 0 Å². The van der Waals surface area contributed by atoms with E-state index in [0.717, 1.165) is 43.2 Å². The van der Waals surface area contributed by atoms with Crippen molar-refractivity contribution >= 4 is 41.0 Å². The summed E-state index contributed by atoms with van der Waals surface area (Å²) in [5, 5.41) is 6.71. The minimum atomic E-state index is 0. The molecule has 0 aliphatic heterocycles. The molecule has 4 rings (SSSR count). The van der Waals surface area contributed by atoms with Crippen LogP contribution in [0.1, 0.15) is 11.1 Å². The SMILES string of the molecule is CN=C(NCCn1cccc1)NCc1ccc(Cn2cnc3ccccc32)cc1.I. The first-order chi connectivity index (χ1) is 14.3. The number of benzene rings is 2. The Balaban J connectivity index is 0.00000256. The molecule has 156 valence electrons. The van der Waals surface area contributed by atoms with E-state index in [1.54, 1.807) is 7.05 Å². The van der Waals surface area contributed by atoms with E-state index in [4.69, 9.17) is 0 Å². The molecule has 6 nitrogen and oxygen atoms in total. The molecule has 0 bridgehead atoms. The van der Waals surface area contributed by atoms with Crippen LogP contribution in [0.2, 0.25) is 0 Å². The van der Waals surface area contributed by atoms with E-state index < -0.39 is 0 Å². The van der Waals surface area contributed by atoms with Crippen LogP contribution in [0.25, 0.3) is 11.0 Å². The Morgan fingerprint density at radius 2 is 1.67 bits per heavy atom. The lowest BCUT2D eigenvalue weighted by Crippen LogP contribution is -2.38. The lowest BCUT2D eigenvalue weighted by molar-refractivity contribution is 0.665. The summed E-state index contributed by atoms with van der Waals surface area (Å²) in [7, 11) is 1.80. The van der Waals surface area contributed by atoms with Gasteiger partial charge in [-0.3, -0.25) is 4.99 Å². The highest BCUT2D eigenvalue weighted by Crippen LogP contribution is 2.14. The summed E-state index contributed by atoms with van der Waals surface area (Å²) in [6.45, 7) is 3.28. The predicted molar refractivity (Wildman–Crippen MR) is 133 cm³/mol. The summed E-state index contributed by atoms with van der Waals surface area (Å²) >= 11 is 0. The van der Waals surface area contributed by atoms with Crippen LogP contribution in [0.15, 0.2) is 84.4 Å². The van der Waals surface area contributed by atoms with Crippen LogP contribution in [0, 0.1) is 0 Å². The molecule has 2 heterocycles. The molecule has 2 N–H and O–H groups in total. The second-order valence-corrected chi connectivity index (χ2v) is 6.95. The Bertz CT molecular complexity index is 1070. The van der Waals surface area contributed by atoms with Gasteiger partial charge < -0.3 is 19.8 Å². The zero-order valence-corrected chi connectivity index (χ0v) is 19.4. The van der Waals surface area contributed by atoms with E-state index in [9.17, 15) is 0 Å². The standard InChI is InChI=1S/C23H26N6.HI/c1-24-23(25-12-15-28-13-4-5-14-28)26-16-19-8-10-20(11-9-19)17-29-18-27-21-6-2-3-7-22(21)29;/h2-11,13-14,18H,12,15-17H2,1H3,(H2,24,25,26);1H. The predicted octanol–water partition coefficient (Wildman–Crippen LogP) is 3.87. The van der Waals surface area contributed by atoms with Crippen LogP contribution in [0.3, 0.4) is 0 Å². The van der Waals surface area contributed by atoms with Gasteiger partial charge in [0, 0.05) is 45.6 Å². The van der Waals surface area contributed by atoms with Crippen LogP contribution in [0.5, 0.6) is 0 Å². The van der Waals surface area contributed by atoms with Gasteiger partial charge in [-0.25, -0.2) is 4.98 Å². The largest absolute Gasteiger partial charge is 0.355 e. The Morgan fingerprint density at radius 3 is 2.43 bits per heavy atom. The molecule has 0 atom stereocenters. The van der Waals surface area contributed by atoms with Crippen molar-refractivity contribution in [2.75, 3.05) is 13.6 Å². The maximum absolute atomic E-state index is 4.46. The minimum absolute atomic E-state index is 0. The van der Waals surface area contributed by atoms with Gasteiger partial charge in [0.2, 0.25) is 0 Å². The number of guanidine groups is 1. The number of aliphatic imine (C=N–C) groups is 1. The second-order valence-electron chi connectivity index (χ2n) is 6.95. The van der Waals surface area contributed by atoms with Crippen molar-refractivity contribution in [1.82, 2.24) is 24.8 Å². The van der Waals surface area contributed by atoms with E-state index in [0.29, 0.717) is 0 Å². The lowest BCUT2D eigenvalue weighted by Gasteiger charge is -2.13. The minimum Gasteiger partial charge on any atom is -0.355 e. The van der Waals surface area contributed by atoms with Crippen molar-refractivity contribution in [3.8, 4) is 0 Å². The van der Waals surface area contributed by atoms with Gasteiger partial charge in [0.05, 0.1) is 17.4 Å². The van der Waals surface area contributed by atoms with E-state index in [2.05, 4.69) is 78.5 Å². The van der Waals surface area contributed by atoms with Gasteiger partial charge >= 0.3 is 0 Å². The molecule has 2 aromatic carbocycles. The van der Waals surface area contributed by atoms with Gasteiger partial charge in [-0.05, 0) is 35.4 Å². The van der Waals surface area contributed by atoms with Crippen molar-refractivity contribution in [2.45, 2.75) is 19.6 Å². The van der Waals surface area contributed by atoms with Gasteiger partial charge in [-0.15, -0.1) is 24.0 Å². The number of halogens is 1. The molecule has 0 unspecified atom stereocenters. The first kappa shape index (κ1) is 21.9. The number of imidazole rings is 1. The van der Waals surface area contributed by atoms with Crippen LogP contribution < -0.4 is 10.6 Å². The molecule has 7 heteroatoms. The first-order valence-electron chi connectivity index (χ1n) is 9.85. The maximum atomic E-state index is 4.46. The number of hydrogen-bond donors (Lipinski definition) is 2. The third-order valence-corrected chi connectivity index (χ3v) is 4.92. The normalized spacial score (nSPS) is 11.3. The number of fused-ring (bicyclic) bond motifs is 1. The van der Waals surface area contributed by atoms with Gasteiger partial charge in [0.15, 0.2) is 5.96 Å². The molecule has 0 aliphatic rings. The van der Waals surface area contributed by atoms with Crippen molar-refractivity contribution in [2.24, 2.45) is 4.99 Å². The zero-order valence-electron chi connectivity index (χ0n) is 17.0. The molecule has 0 aliphatic carbocycles. The number of rotatable bonds is 7. The Hall–Kier alpha value is -2.81. The van der Waals surface area contributed by atoms with E-state index in [1.165, 1.54) is 11.1 Å². The molecule has 0 amide bonds. The summed E-state index contributed by atoms with van der Waals surface area (Å²) in [5.74, 6) is 0.811. The van der Waals surface area contributed by atoms with Gasteiger partial charge in [0.25, 0.3) is 0 Å². The zero-order chi connectivity index (χ0) is 19.9. The second kappa shape index (κ2) is 10.8. The molecule has 0 saturated heterocycles. The fourth-order valence-corrected chi connectivity index (χ4v) is 3.32. The van der Waals surface area contributed by atoms with Crippen LogP contribution in [-0.2, 0) is 19.6 Å². The first-order valence-corrected chi connectivity index (χ1v) is 9.85. The molecular weight excluding hydrogens is 487 g/mol. The summed E-state index contributed by atoms with van der Waals surface area (Å²) in [6, 6.07) is 21.0. The van der Waals surface area contributed by atoms with Crippen molar-refractivity contribution in [3.63, 3.8) is 0 Å². The van der Waals surface area contributed by atoms with Crippen LogP contribution >= 0.6 is 24.0 Å². The highest BCUT2D eigenvalue weighted by atomic mass is 127. The summed E-state index contributed by atoms with van der Waals surface area (Å²) < 4.78 is 4.32. The van der Waals surface area contributed by atoms with Gasteiger partial charge in [-0.2, -0.15) is 0 Å². The number of nitrogens with one attached hydrogen (secondary N) is 2. The topological polar surface area (TPSA) is 59.2 Å². The summed E-state index contributed by atoms with van der Waals surface area (Å²) in [6.07, 6.45) is 6.03. The number of hydrogen-bond acceptors (Lipinski definition) is 2. The van der Waals surface area contributed by atoms with Crippen LogP contribution in [0.4, 0.5) is 0 Å². The third kappa shape index (κ3) is 5.63. The Labute approximate surface area is 194 Å². The maximum Gasteiger partial charge on any atom is 0.191 e. The molecule has 0 spiro atoms. The fourth-order valence-electron chi connectivity index (χ4n) is 3.32. The Morgan fingerprint density at radius 1 is 0.933 bits per heavy atom. The molecule has 0 saturated carbocycles. The van der Waals surface area contributed by atoms with Crippen molar-refractivity contribution in [1.29, 1.82) is 0 Å². The quantitative estimate of drug-likeness (QED) is 0.224. The molecule has 2 aromatic heterocycles. The molecule has 0 radical (unpaired) electrons. The average Bonchev–Trinajstić information content (AvgIpc) is 3.42. The van der Waals surface area contributed by atoms with Crippen molar-refractivity contribution < 1.29 is 0 Å². The van der Waals surface area contributed by atoms with Gasteiger partial charge in [-0.1, -0.05) is 36.4 Å². The van der Waals surface area contributed by atoms with Crippen LogP contribution in [-0.4, -0.2) is 33.7 Å². The fraction of sp³-hybridized carbons (Fsp3) is 0.217. The molecule has 30 heavy (non-hydrogen) atoms. The lowest BCUT2D eigenvalue weighted by atomic mass is 10.1. The molecular formula is C23H27IN6. The third-order valence-electron chi connectivity index (χ3n) is 4.92. The summed E-state index contributed by atoms with van der Waals surface area (Å²) in [4.78, 5) is 8.76. The van der Waals surface area contributed by atoms with Gasteiger partial charge in [0.1, 0.15) is 0 Å². The molecule has 4 aromatic rings. The van der Waals surface area contributed by atoms with E-state index in [-0.39, 0.29) is 24.0 Å².